The number of benzene rings is 3. The number of likely N-dealkylation sites (tertiary alicyclic amines) is 1. The highest BCUT2D eigenvalue weighted by Crippen LogP contribution is 2.37. The zero-order valence-electron chi connectivity index (χ0n) is 28.5. The van der Waals surface area contributed by atoms with Crippen LogP contribution in [0.5, 0.6) is 0 Å². The largest absolute Gasteiger partial charge is 0.481 e. The number of nitrogens with zero attached hydrogens (tertiary/aromatic N) is 3. The molecule has 254 valence electrons. The molecule has 0 spiro atoms. The van der Waals surface area contributed by atoms with E-state index < -0.39 is 17.9 Å². The van der Waals surface area contributed by atoms with Crippen LogP contribution in [0.25, 0.3) is 22.5 Å². The van der Waals surface area contributed by atoms with Crippen LogP contribution >= 0.6 is 0 Å². The van der Waals surface area contributed by atoms with E-state index in [4.69, 9.17) is 0 Å². The van der Waals surface area contributed by atoms with Gasteiger partial charge in [-0.1, -0.05) is 87.4 Å². The molecule has 2 fully saturated rings. The number of nitrogens with one attached hydrogen (secondary N) is 1. The van der Waals surface area contributed by atoms with Gasteiger partial charge in [0.15, 0.2) is 5.82 Å². The maximum absolute atomic E-state index is 13.5. The Morgan fingerprint density at radius 2 is 1.41 bits per heavy atom. The molecule has 49 heavy (non-hydrogen) atoms. The Kier molecular flexibility index (Phi) is 10.8. The molecule has 6 rings (SSSR count). The van der Waals surface area contributed by atoms with E-state index in [-0.39, 0.29) is 31.3 Å². The van der Waals surface area contributed by atoms with E-state index in [2.05, 4.69) is 53.4 Å². The summed E-state index contributed by atoms with van der Waals surface area (Å²) in [7, 11) is 0. The fraction of sp³-hybridized carbons (Fsp3) is 0.390. The van der Waals surface area contributed by atoms with Crippen LogP contribution in [0.2, 0.25) is 0 Å². The number of carboxylic acids is 1. The fourth-order valence-electron chi connectivity index (χ4n) is 7.09. The Hall–Kier alpha value is -4.85. The molecule has 1 aliphatic carbocycles. The van der Waals surface area contributed by atoms with Gasteiger partial charge in [-0.2, -0.15) is 0 Å². The van der Waals surface area contributed by atoms with Gasteiger partial charge in [0.1, 0.15) is 6.04 Å². The molecule has 4 aromatic rings. The van der Waals surface area contributed by atoms with E-state index in [0.717, 1.165) is 46.6 Å². The van der Waals surface area contributed by atoms with Crippen LogP contribution in [-0.4, -0.2) is 56.9 Å². The number of amides is 2. The van der Waals surface area contributed by atoms with Crippen molar-refractivity contribution >= 4 is 17.8 Å². The van der Waals surface area contributed by atoms with Crippen molar-refractivity contribution in [1.82, 2.24) is 20.2 Å². The number of aryl methyl sites for hydroxylation is 1. The molecule has 1 aliphatic heterocycles. The highest BCUT2D eigenvalue weighted by atomic mass is 16.4. The lowest BCUT2D eigenvalue weighted by molar-refractivity contribution is -0.153. The maximum atomic E-state index is 13.5. The Balaban J connectivity index is 1.11. The van der Waals surface area contributed by atoms with E-state index in [9.17, 15) is 19.5 Å². The van der Waals surface area contributed by atoms with Gasteiger partial charge in [0, 0.05) is 48.6 Å². The molecule has 2 amide bonds. The van der Waals surface area contributed by atoms with E-state index in [0.29, 0.717) is 17.3 Å². The lowest BCUT2D eigenvalue weighted by Crippen LogP contribution is -2.59. The number of aliphatic carboxylic acids is 1. The molecule has 2 heterocycles. The molecule has 3 aromatic carbocycles. The smallest absolute Gasteiger partial charge is 0.310 e. The second kappa shape index (κ2) is 15.6. The van der Waals surface area contributed by atoms with Gasteiger partial charge in [0.25, 0.3) is 5.91 Å². The van der Waals surface area contributed by atoms with Crippen molar-refractivity contribution in [2.75, 3.05) is 13.1 Å². The number of carboxylic acid groups (broad SMARTS) is 1. The molecule has 1 atom stereocenters. The van der Waals surface area contributed by atoms with Crippen LogP contribution in [-0.2, 0) is 22.4 Å². The molecule has 0 bridgehead atoms. The van der Waals surface area contributed by atoms with Crippen LogP contribution in [0.1, 0.15) is 85.3 Å². The standard InChI is InChI=1S/C41H46N4O4/c1-3-5-28-8-16-34(17-9-28)39(46)44-37(40(47)45-25-36(26-45)41(48)49)22-29-10-14-33(15-11-29)38-42-23-35(24-43-38)32-20-18-31(19-21-32)30-12-6-27(4-2)7-13-30/h8-11,14-21,23-24,27,30,36-37H,3-7,12-13,22,25-26H2,1-2H3,(H,44,46)(H,48,49)/t27-,30-,37-/m0/s1. The minimum absolute atomic E-state index is 0.141. The van der Waals surface area contributed by atoms with Gasteiger partial charge >= 0.3 is 5.97 Å². The number of aromatic nitrogens is 2. The molecule has 0 radical (unpaired) electrons. The first kappa shape index (κ1) is 34.0. The van der Waals surface area contributed by atoms with Crippen LogP contribution in [0.3, 0.4) is 0 Å². The van der Waals surface area contributed by atoms with Gasteiger partial charge in [-0.25, -0.2) is 9.97 Å². The Morgan fingerprint density at radius 3 is 2.00 bits per heavy atom. The van der Waals surface area contributed by atoms with Crippen molar-refractivity contribution in [3.63, 3.8) is 0 Å². The Labute approximate surface area is 289 Å². The molecule has 1 saturated carbocycles. The minimum atomic E-state index is -0.916. The van der Waals surface area contributed by atoms with Crippen LogP contribution in [0.15, 0.2) is 85.2 Å². The molecule has 1 aromatic heterocycles. The molecule has 2 N–H and O–H groups in total. The van der Waals surface area contributed by atoms with Crippen molar-refractivity contribution in [1.29, 1.82) is 0 Å². The summed E-state index contributed by atoms with van der Waals surface area (Å²) in [5.74, 6) is 0.0369. The number of hydrogen-bond acceptors (Lipinski definition) is 5. The van der Waals surface area contributed by atoms with Crippen molar-refractivity contribution < 1.29 is 19.5 Å². The predicted molar refractivity (Wildman–Crippen MR) is 191 cm³/mol. The second-order valence-corrected chi connectivity index (χ2v) is 13.7. The summed E-state index contributed by atoms with van der Waals surface area (Å²) in [6.45, 7) is 4.69. The monoisotopic (exact) mass is 658 g/mol. The first-order valence-electron chi connectivity index (χ1n) is 17.7. The normalized spacial score (nSPS) is 18.4. The van der Waals surface area contributed by atoms with Crippen LogP contribution in [0, 0.1) is 11.8 Å². The first-order valence-corrected chi connectivity index (χ1v) is 17.7. The van der Waals surface area contributed by atoms with Gasteiger partial charge in [0.2, 0.25) is 5.91 Å². The molecule has 1 saturated heterocycles. The molecule has 0 unspecified atom stereocenters. The van der Waals surface area contributed by atoms with Crippen LogP contribution < -0.4 is 5.32 Å². The van der Waals surface area contributed by atoms with Gasteiger partial charge in [-0.15, -0.1) is 0 Å². The SMILES string of the molecule is CCCc1ccc(C(=O)N[C@@H](Cc2ccc(-c3ncc(-c4ccc([C@H]5CC[C@H](CC)CC5)cc4)cn3)cc2)C(=O)N2CC(C(=O)O)C2)cc1. The maximum Gasteiger partial charge on any atom is 0.310 e. The van der Waals surface area contributed by atoms with E-state index in [1.165, 1.54) is 42.6 Å². The topological polar surface area (TPSA) is 112 Å². The molecule has 8 nitrogen and oxygen atoms in total. The Morgan fingerprint density at radius 1 is 0.796 bits per heavy atom. The van der Waals surface area contributed by atoms with Crippen LogP contribution in [0.4, 0.5) is 0 Å². The van der Waals surface area contributed by atoms with Crippen molar-refractivity contribution in [3.05, 3.63) is 107 Å². The summed E-state index contributed by atoms with van der Waals surface area (Å²) in [6, 6.07) is 23.1. The lowest BCUT2D eigenvalue weighted by atomic mass is 9.78. The first-order chi connectivity index (χ1) is 23.8. The average molecular weight is 659 g/mol. The van der Waals surface area contributed by atoms with Gasteiger partial charge in [0.05, 0.1) is 5.92 Å². The number of carbonyl (C=O) groups excluding carboxylic acids is 2. The molecular formula is C41H46N4O4. The third-order valence-electron chi connectivity index (χ3n) is 10.3. The average Bonchev–Trinajstić information content (AvgIpc) is 3.11. The lowest BCUT2D eigenvalue weighted by Gasteiger charge is -2.39. The second-order valence-electron chi connectivity index (χ2n) is 13.7. The van der Waals surface area contributed by atoms with Gasteiger partial charge in [-0.05, 0) is 78.3 Å². The third-order valence-corrected chi connectivity index (χ3v) is 10.3. The quantitative estimate of drug-likeness (QED) is 0.165. The molecule has 8 heteroatoms. The Bertz CT molecular complexity index is 1720. The highest BCUT2D eigenvalue weighted by molar-refractivity contribution is 5.98. The molecule has 2 aliphatic rings. The van der Waals surface area contributed by atoms with E-state index in [1.807, 2.05) is 48.8 Å². The minimum Gasteiger partial charge on any atom is -0.481 e. The van der Waals surface area contributed by atoms with Gasteiger partial charge in [-0.3, -0.25) is 14.4 Å². The summed E-state index contributed by atoms with van der Waals surface area (Å²) in [5.41, 5.74) is 6.82. The summed E-state index contributed by atoms with van der Waals surface area (Å²) < 4.78 is 0. The highest BCUT2D eigenvalue weighted by Gasteiger charge is 2.38. The number of hydrogen-bond donors (Lipinski definition) is 2. The zero-order chi connectivity index (χ0) is 34.3. The fourth-order valence-corrected chi connectivity index (χ4v) is 7.09. The molecular weight excluding hydrogens is 612 g/mol. The third kappa shape index (κ3) is 8.24. The number of carbonyl (C=O) groups is 3. The van der Waals surface area contributed by atoms with Crippen molar-refractivity contribution in [3.8, 4) is 22.5 Å². The summed E-state index contributed by atoms with van der Waals surface area (Å²) >= 11 is 0. The van der Waals surface area contributed by atoms with Gasteiger partial charge < -0.3 is 15.3 Å². The van der Waals surface area contributed by atoms with Crippen molar-refractivity contribution in [2.24, 2.45) is 11.8 Å². The van der Waals surface area contributed by atoms with E-state index in [1.54, 1.807) is 12.1 Å². The number of rotatable bonds is 12. The zero-order valence-corrected chi connectivity index (χ0v) is 28.5. The summed E-state index contributed by atoms with van der Waals surface area (Å²) in [4.78, 5) is 48.8. The summed E-state index contributed by atoms with van der Waals surface area (Å²) in [6.07, 6.45) is 12.4. The van der Waals surface area contributed by atoms with E-state index >= 15 is 0 Å². The summed E-state index contributed by atoms with van der Waals surface area (Å²) in [5, 5.41) is 12.2. The van der Waals surface area contributed by atoms with Crippen molar-refractivity contribution in [2.45, 2.75) is 77.2 Å². The predicted octanol–water partition coefficient (Wildman–Crippen LogP) is 7.33.